The van der Waals surface area contributed by atoms with Gasteiger partial charge in [-0.2, -0.15) is 0 Å². The summed E-state index contributed by atoms with van der Waals surface area (Å²) >= 11 is 1.72. The van der Waals surface area contributed by atoms with E-state index in [0.29, 0.717) is 6.04 Å². The quantitative estimate of drug-likeness (QED) is 0.942. The van der Waals surface area contributed by atoms with Gasteiger partial charge >= 0.3 is 0 Å². The zero-order chi connectivity index (χ0) is 14.7. The van der Waals surface area contributed by atoms with Gasteiger partial charge in [-0.1, -0.05) is 18.2 Å². The van der Waals surface area contributed by atoms with Gasteiger partial charge in [-0.05, 0) is 13.0 Å². The van der Waals surface area contributed by atoms with Gasteiger partial charge in [0.15, 0.2) is 0 Å². The van der Waals surface area contributed by atoms with Crippen LogP contribution in [0.3, 0.4) is 0 Å². The molecule has 0 bridgehead atoms. The first-order valence-electron chi connectivity index (χ1n) is 7.26. The Morgan fingerprint density at radius 3 is 3.05 bits per heavy atom. The second kappa shape index (κ2) is 6.56. The molecule has 1 aromatic heterocycles. The molecular formula is C16H21N3OS. The van der Waals surface area contributed by atoms with E-state index >= 15 is 0 Å². The summed E-state index contributed by atoms with van der Waals surface area (Å²) in [7, 11) is 1.74. The third kappa shape index (κ3) is 3.26. The van der Waals surface area contributed by atoms with Crippen LogP contribution in [0.2, 0.25) is 0 Å². The number of nitrogens with one attached hydrogen (secondary N) is 1. The second-order valence-corrected chi connectivity index (χ2v) is 6.35. The first-order chi connectivity index (χ1) is 10.3. The van der Waals surface area contributed by atoms with E-state index in [1.165, 1.54) is 11.3 Å². The lowest BCUT2D eigenvalue weighted by Crippen LogP contribution is -2.45. The minimum atomic E-state index is 0.330. The monoisotopic (exact) mass is 303 g/mol. The Bertz CT molecular complexity index is 599. The van der Waals surface area contributed by atoms with Gasteiger partial charge in [-0.15, -0.1) is 11.3 Å². The highest BCUT2D eigenvalue weighted by Gasteiger charge is 2.26. The fraction of sp³-hybridized carbons (Fsp3) is 0.438. The summed E-state index contributed by atoms with van der Waals surface area (Å²) in [5.41, 5.74) is 2.42. The molecule has 1 aliphatic heterocycles. The number of hydrogen-bond acceptors (Lipinski definition) is 5. The molecule has 2 heterocycles. The van der Waals surface area contributed by atoms with Crippen LogP contribution < -0.4 is 10.1 Å². The summed E-state index contributed by atoms with van der Waals surface area (Å²) in [6.45, 7) is 5.95. The molecule has 0 spiro atoms. The molecule has 1 fully saturated rings. The minimum Gasteiger partial charge on any atom is -0.496 e. The van der Waals surface area contributed by atoms with Gasteiger partial charge < -0.3 is 10.1 Å². The van der Waals surface area contributed by atoms with Crippen LogP contribution in [0, 0.1) is 6.92 Å². The van der Waals surface area contributed by atoms with Crippen molar-refractivity contribution in [2.45, 2.75) is 19.5 Å². The molecular weight excluding hydrogens is 282 g/mol. The zero-order valence-electron chi connectivity index (χ0n) is 12.5. The highest BCUT2D eigenvalue weighted by atomic mass is 32.1. The molecule has 1 aliphatic rings. The molecule has 1 N–H and O–H groups in total. The Balaban J connectivity index is 1.84. The average molecular weight is 303 g/mol. The summed E-state index contributed by atoms with van der Waals surface area (Å²) in [6.07, 6.45) is 0. The Labute approximate surface area is 129 Å². The highest BCUT2D eigenvalue weighted by Crippen LogP contribution is 2.31. The second-order valence-electron chi connectivity index (χ2n) is 5.29. The SMILES string of the molecule is COc1ccccc1C1CNCCN1Cc1csc(C)n1. The summed E-state index contributed by atoms with van der Waals surface area (Å²) in [5, 5.41) is 6.79. The number of aromatic nitrogens is 1. The third-order valence-electron chi connectivity index (χ3n) is 3.88. The number of thiazole rings is 1. The number of ether oxygens (including phenoxy) is 1. The highest BCUT2D eigenvalue weighted by molar-refractivity contribution is 7.09. The summed E-state index contributed by atoms with van der Waals surface area (Å²) in [6, 6.07) is 8.63. The average Bonchev–Trinajstić information content (AvgIpc) is 2.93. The van der Waals surface area contributed by atoms with Crippen molar-refractivity contribution in [1.82, 2.24) is 15.2 Å². The van der Waals surface area contributed by atoms with Gasteiger partial charge in [-0.3, -0.25) is 4.90 Å². The molecule has 112 valence electrons. The fourth-order valence-corrected chi connectivity index (χ4v) is 3.48. The number of benzene rings is 1. The maximum atomic E-state index is 5.53. The minimum absolute atomic E-state index is 0.330. The maximum Gasteiger partial charge on any atom is 0.123 e. The van der Waals surface area contributed by atoms with Crippen LogP contribution in [0.25, 0.3) is 0 Å². The van der Waals surface area contributed by atoms with E-state index in [-0.39, 0.29) is 0 Å². The lowest BCUT2D eigenvalue weighted by molar-refractivity contribution is 0.149. The van der Waals surface area contributed by atoms with Crippen molar-refractivity contribution in [3.05, 3.63) is 45.9 Å². The first kappa shape index (κ1) is 14.5. The molecule has 1 unspecified atom stereocenters. The number of para-hydroxylation sites is 1. The van der Waals surface area contributed by atoms with E-state index in [1.54, 1.807) is 18.4 Å². The smallest absolute Gasteiger partial charge is 0.123 e. The number of piperazine rings is 1. The summed E-state index contributed by atoms with van der Waals surface area (Å²) < 4.78 is 5.53. The van der Waals surface area contributed by atoms with Crippen LogP contribution in [0.5, 0.6) is 5.75 Å². The summed E-state index contributed by atoms with van der Waals surface area (Å²) in [5.74, 6) is 0.964. The van der Waals surface area contributed by atoms with E-state index < -0.39 is 0 Å². The maximum absolute atomic E-state index is 5.53. The topological polar surface area (TPSA) is 37.4 Å². The van der Waals surface area contributed by atoms with Gasteiger partial charge in [-0.25, -0.2) is 4.98 Å². The molecule has 0 saturated carbocycles. The van der Waals surface area contributed by atoms with Gasteiger partial charge in [0.05, 0.1) is 23.9 Å². The molecule has 5 heteroatoms. The lowest BCUT2D eigenvalue weighted by Gasteiger charge is -2.36. The zero-order valence-corrected chi connectivity index (χ0v) is 13.3. The number of aryl methyl sites for hydroxylation is 1. The van der Waals surface area contributed by atoms with Crippen molar-refractivity contribution < 1.29 is 4.74 Å². The third-order valence-corrected chi connectivity index (χ3v) is 4.71. The molecule has 0 radical (unpaired) electrons. The molecule has 4 nitrogen and oxygen atoms in total. The van der Waals surface area contributed by atoms with E-state index in [2.05, 4.69) is 39.6 Å². The first-order valence-corrected chi connectivity index (χ1v) is 8.14. The van der Waals surface area contributed by atoms with Crippen molar-refractivity contribution in [2.75, 3.05) is 26.7 Å². The van der Waals surface area contributed by atoms with Crippen LogP contribution in [0.15, 0.2) is 29.6 Å². The predicted molar refractivity (Wildman–Crippen MR) is 85.9 cm³/mol. The largest absolute Gasteiger partial charge is 0.496 e. The number of rotatable bonds is 4. The Hall–Kier alpha value is -1.43. The van der Waals surface area contributed by atoms with E-state index in [0.717, 1.165) is 36.9 Å². The van der Waals surface area contributed by atoms with Crippen molar-refractivity contribution in [1.29, 1.82) is 0 Å². The number of methoxy groups -OCH3 is 1. The lowest BCUT2D eigenvalue weighted by atomic mass is 10.0. The summed E-state index contributed by atoms with van der Waals surface area (Å²) in [4.78, 5) is 7.09. The normalized spacial score (nSPS) is 19.6. The van der Waals surface area contributed by atoms with Crippen LogP contribution in [-0.2, 0) is 6.54 Å². The van der Waals surface area contributed by atoms with Crippen molar-refractivity contribution >= 4 is 11.3 Å². The Morgan fingerprint density at radius 1 is 1.43 bits per heavy atom. The molecule has 1 aromatic carbocycles. The molecule has 3 rings (SSSR count). The van der Waals surface area contributed by atoms with E-state index in [9.17, 15) is 0 Å². The van der Waals surface area contributed by atoms with Crippen molar-refractivity contribution in [3.63, 3.8) is 0 Å². The molecule has 2 aromatic rings. The molecule has 1 atom stereocenters. The van der Waals surface area contributed by atoms with E-state index in [4.69, 9.17) is 4.74 Å². The number of nitrogens with zero attached hydrogens (tertiary/aromatic N) is 2. The Morgan fingerprint density at radius 2 is 2.29 bits per heavy atom. The predicted octanol–water partition coefficient (Wildman–Crippen LogP) is 2.61. The molecule has 21 heavy (non-hydrogen) atoms. The van der Waals surface area contributed by atoms with Crippen LogP contribution >= 0.6 is 11.3 Å². The standard InChI is InChI=1S/C16H21N3OS/c1-12-18-13(11-21-12)10-19-8-7-17-9-15(19)14-5-3-4-6-16(14)20-2/h3-6,11,15,17H,7-10H2,1-2H3. The van der Waals surface area contributed by atoms with Gasteiger partial charge in [0.2, 0.25) is 0 Å². The van der Waals surface area contributed by atoms with Crippen LogP contribution in [-0.4, -0.2) is 36.6 Å². The fourth-order valence-electron chi connectivity index (χ4n) is 2.87. The Kier molecular flexibility index (Phi) is 4.53. The van der Waals surface area contributed by atoms with Gasteiger partial charge in [0.1, 0.15) is 5.75 Å². The van der Waals surface area contributed by atoms with E-state index in [1.807, 2.05) is 12.1 Å². The molecule has 1 saturated heterocycles. The van der Waals surface area contributed by atoms with Gasteiger partial charge in [0.25, 0.3) is 0 Å². The van der Waals surface area contributed by atoms with Crippen LogP contribution in [0.1, 0.15) is 22.3 Å². The molecule has 0 amide bonds. The van der Waals surface area contributed by atoms with Crippen molar-refractivity contribution in [3.8, 4) is 5.75 Å². The number of hydrogen-bond donors (Lipinski definition) is 1. The van der Waals surface area contributed by atoms with Crippen molar-refractivity contribution in [2.24, 2.45) is 0 Å². The van der Waals surface area contributed by atoms with Crippen LogP contribution in [0.4, 0.5) is 0 Å². The molecule has 0 aliphatic carbocycles. The van der Waals surface area contributed by atoms with Gasteiger partial charge in [0, 0.05) is 37.1 Å².